The standard InChI is InChI=1S/C18H16FN3O4.ClH/c1-9-4-12(19)14(5-10(9)18(24)26-3)22-17-11-6-16(25-2)15(23)7-13(11)20-8-21-17;/h4-8,23H,1-3H3,(H,20,21,22);1H. The van der Waals surface area contributed by atoms with E-state index in [0.29, 0.717) is 22.3 Å². The highest BCUT2D eigenvalue weighted by Gasteiger charge is 2.16. The minimum Gasteiger partial charge on any atom is -0.504 e. The topological polar surface area (TPSA) is 93.6 Å². The first kappa shape index (κ1) is 20.2. The zero-order valence-electron chi connectivity index (χ0n) is 14.7. The van der Waals surface area contributed by atoms with Gasteiger partial charge in [0.2, 0.25) is 0 Å². The number of hydrogen-bond donors (Lipinski definition) is 2. The summed E-state index contributed by atoms with van der Waals surface area (Å²) >= 11 is 0. The van der Waals surface area contributed by atoms with Crippen LogP contribution in [0.1, 0.15) is 15.9 Å². The Labute approximate surface area is 160 Å². The third-order valence-corrected chi connectivity index (χ3v) is 3.91. The molecule has 0 spiro atoms. The van der Waals surface area contributed by atoms with Crippen LogP contribution in [0.3, 0.4) is 0 Å². The minimum absolute atomic E-state index is 0. The zero-order chi connectivity index (χ0) is 18.8. The molecule has 0 atom stereocenters. The number of aromatic hydroxyl groups is 1. The van der Waals surface area contributed by atoms with Crippen LogP contribution < -0.4 is 10.1 Å². The highest BCUT2D eigenvalue weighted by molar-refractivity contribution is 5.95. The zero-order valence-corrected chi connectivity index (χ0v) is 15.6. The second-order valence-corrected chi connectivity index (χ2v) is 5.53. The van der Waals surface area contributed by atoms with Gasteiger partial charge in [0, 0.05) is 11.5 Å². The van der Waals surface area contributed by atoms with Gasteiger partial charge in [0.25, 0.3) is 0 Å². The predicted molar refractivity (Wildman–Crippen MR) is 101 cm³/mol. The molecule has 3 aromatic rings. The van der Waals surface area contributed by atoms with Gasteiger partial charge in [-0.1, -0.05) is 0 Å². The van der Waals surface area contributed by atoms with E-state index in [9.17, 15) is 14.3 Å². The van der Waals surface area contributed by atoms with Crippen molar-refractivity contribution in [1.82, 2.24) is 9.97 Å². The fourth-order valence-electron chi connectivity index (χ4n) is 2.56. The fraction of sp³-hybridized carbons (Fsp3) is 0.167. The maximum atomic E-state index is 14.4. The second-order valence-electron chi connectivity index (χ2n) is 5.53. The van der Waals surface area contributed by atoms with Gasteiger partial charge in [-0.2, -0.15) is 0 Å². The molecule has 0 aliphatic carbocycles. The Balaban J connectivity index is 0.00000261. The smallest absolute Gasteiger partial charge is 0.338 e. The SMILES string of the molecule is COC(=O)c1cc(Nc2ncnc3cc(O)c(OC)cc23)c(F)cc1C.Cl. The Bertz CT molecular complexity index is 1010. The lowest BCUT2D eigenvalue weighted by Gasteiger charge is -2.13. The molecule has 2 N–H and O–H groups in total. The van der Waals surface area contributed by atoms with E-state index in [-0.39, 0.29) is 35.2 Å². The average Bonchev–Trinajstić information content (AvgIpc) is 2.62. The molecule has 1 heterocycles. The normalized spacial score (nSPS) is 10.2. The summed E-state index contributed by atoms with van der Waals surface area (Å²) in [5, 5.41) is 13.2. The number of aryl methyl sites for hydroxylation is 1. The number of aromatic nitrogens is 2. The number of hydrogen-bond acceptors (Lipinski definition) is 7. The Morgan fingerprint density at radius 2 is 1.93 bits per heavy atom. The summed E-state index contributed by atoms with van der Waals surface area (Å²) in [4.78, 5) is 20.0. The number of nitrogens with zero attached hydrogens (tertiary/aromatic N) is 2. The first-order chi connectivity index (χ1) is 12.4. The van der Waals surface area contributed by atoms with Gasteiger partial charge in [0.05, 0.1) is 31.0 Å². The molecule has 0 amide bonds. The molecule has 0 radical (unpaired) electrons. The Kier molecular flexibility index (Phi) is 6.02. The van der Waals surface area contributed by atoms with Crippen molar-refractivity contribution in [3.8, 4) is 11.5 Å². The van der Waals surface area contributed by atoms with Crippen LogP contribution in [0, 0.1) is 12.7 Å². The van der Waals surface area contributed by atoms with Crippen molar-refractivity contribution in [2.45, 2.75) is 6.92 Å². The van der Waals surface area contributed by atoms with Crippen LogP contribution in [-0.4, -0.2) is 35.3 Å². The Morgan fingerprint density at radius 3 is 2.59 bits per heavy atom. The summed E-state index contributed by atoms with van der Waals surface area (Å²) in [5.74, 6) is -0.654. The van der Waals surface area contributed by atoms with E-state index in [4.69, 9.17) is 9.47 Å². The van der Waals surface area contributed by atoms with Crippen LogP contribution >= 0.6 is 12.4 Å². The number of methoxy groups -OCH3 is 2. The number of nitrogens with one attached hydrogen (secondary N) is 1. The van der Waals surface area contributed by atoms with Crippen molar-refractivity contribution < 1.29 is 23.8 Å². The highest BCUT2D eigenvalue weighted by atomic mass is 35.5. The van der Waals surface area contributed by atoms with Crippen LogP contribution in [-0.2, 0) is 4.74 Å². The molecule has 0 unspecified atom stereocenters. The van der Waals surface area contributed by atoms with Gasteiger partial charge in [0.1, 0.15) is 18.0 Å². The van der Waals surface area contributed by atoms with Gasteiger partial charge >= 0.3 is 5.97 Å². The number of phenolic OH excluding ortho intramolecular Hbond substituents is 1. The maximum Gasteiger partial charge on any atom is 0.338 e. The van der Waals surface area contributed by atoms with Crippen LogP contribution in [0.4, 0.5) is 15.9 Å². The summed E-state index contributed by atoms with van der Waals surface area (Å²) < 4.78 is 24.2. The molecule has 3 rings (SSSR count). The van der Waals surface area contributed by atoms with Gasteiger partial charge in [-0.3, -0.25) is 0 Å². The molecule has 0 saturated carbocycles. The number of phenols is 1. The quantitative estimate of drug-likeness (QED) is 0.652. The molecule has 0 aliphatic rings. The lowest BCUT2D eigenvalue weighted by molar-refractivity contribution is 0.0600. The molecule has 0 bridgehead atoms. The van der Waals surface area contributed by atoms with Gasteiger partial charge < -0.3 is 19.9 Å². The molecule has 0 aliphatic heterocycles. The van der Waals surface area contributed by atoms with E-state index in [1.807, 2.05) is 0 Å². The van der Waals surface area contributed by atoms with Gasteiger partial charge in [-0.25, -0.2) is 19.2 Å². The first-order valence-electron chi connectivity index (χ1n) is 7.61. The van der Waals surface area contributed by atoms with Crippen molar-refractivity contribution in [3.05, 3.63) is 47.5 Å². The number of esters is 1. The maximum absolute atomic E-state index is 14.4. The lowest BCUT2D eigenvalue weighted by atomic mass is 10.1. The Morgan fingerprint density at radius 1 is 1.19 bits per heavy atom. The van der Waals surface area contributed by atoms with Crippen LogP contribution in [0.5, 0.6) is 11.5 Å². The third kappa shape index (κ3) is 3.85. The molecule has 0 saturated heterocycles. The molecule has 0 fully saturated rings. The lowest BCUT2D eigenvalue weighted by Crippen LogP contribution is -2.07. The summed E-state index contributed by atoms with van der Waals surface area (Å²) in [6.07, 6.45) is 1.28. The van der Waals surface area contributed by atoms with Crippen molar-refractivity contribution >= 4 is 40.8 Å². The molecule has 7 nitrogen and oxygen atoms in total. The van der Waals surface area contributed by atoms with Crippen LogP contribution in [0.25, 0.3) is 10.9 Å². The Hall–Kier alpha value is -3.13. The van der Waals surface area contributed by atoms with E-state index in [1.54, 1.807) is 13.0 Å². The predicted octanol–water partition coefficient (Wildman–Crippen LogP) is 3.74. The van der Waals surface area contributed by atoms with Crippen molar-refractivity contribution in [3.63, 3.8) is 0 Å². The summed E-state index contributed by atoms with van der Waals surface area (Å²) in [6.45, 7) is 1.62. The van der Waals surface area contributed by atoms with E-state index >= 15 is 0 Å². The summed E-state index contributed by atoms with van der Waals surface area (Å²) in [5.41, 5.74) is 1.20. The minimum atomic E-state index is -0.565. The molecule has 142 valence electrons. The average molecular weight is 394 g/mol. The number of ether oxygens (including phenoxy) is 2. The van der Waals surface area contributed by atoms with Crippen molar-refractivity contribution in [1.29, 1.82) is 0 Å². The van der Waals surface area contributed by atoms with Crippen molar-refractivity contribution in [2.24, 2.45) is 0 Å². The highest BCUT2D eigenvalue weighted by Crippen LogP contribution is 2.34. The monoisotopic (exact) mass is 393 g/mol. The number of carbonyl (C=O) groups is 1. The molecule has 27 heavy (non-hydrogen) atoms. The largest absolute Gasteiger partial charge is 0.504 e. The molecular weight excluding hydrogens is 377 g/mol. The molecule has 2 aromatic carbocycles. The van der Waals surface area contributed by atoms with Gasteiger partial charge in [-0.05, 0) is 30.7 Å². The van der Waals surface area contributed by atoms with E-state index in [2.05, 4.69) is 15.3 Å². The number of halogens is 2. The summed E-state index contributed by atoms with van der Waals surface area (Å²) in [6, 6.07) is 5.57. The van der Waals surface area contributed by atoms with Crippen LogP contribution in [0.15, 0.2) is 30.6 Å². The molecule has 9 heteroatoms. The van der Waals surface area contributed by atoms with E-state index in [0.717, 1.165) is 0 Å². The van der Waals surface area contributed by atoms with Crippen LogP contribution in [0.2, 0.25) is 0 Å². The summed E-state index contributed by atoms with van der Waals surface area (Å²) in [7, 11) is 2.68. The second kappa shape index (κ2) is 8.05. The van der Waals surface area contributed by atoms with E-state index in [1.165, 1.54) is 38.7 Å². The van der Waals surface area contributed by atoms with Gasteiger partial charge in [0.15, 0.2) is 11.5 Å². The van der Waals surface area contributed by atoms with Crippen molar-refractivity contribution in [2.75, 3.05) is 19.5 Å². The molecule has 1 aromatic heterocycles. The number of rotatable bonds is 4. The number of fused-ring (bicyclic) bond motifs is 1. The van der Waals surface area contributed by atoms with Gasteiger partial charge in [-0.15, -0.1) is 12.4 Å². The number of anilines is 2. The molecular formula is C18H17ClFN3O4. The number of carbonyl (C=O) groups excluding carboxylic acids is 1. The first-order valence-corrected chi connectivity index (χ1v) is 7.61. The third-order valence-electron chi connectivity index (χ3n) is 3.91. The fourth-order valence-corrected chi connectivity index (χ4v) is 2.56. The number of benzene rings is 2. The van der Waals surface area contributed by atoms with E-state index < -0.39 is 11.8 Å².